The van der Waals surface area contributed by atoms with E-state index in [1.54, 1.807) is 7.05 Å². The topological polar surface area (TPSA) is 72.0 Å². The van der Waals surface area contributed by atoms with Gasteiger partial charge in [-0.15, -0.1) is 0 Å². The van der Waals surface area contributed by atoms with Gasteiger partial charge in [-0.25, -0.2) is 0 Å². The number of nitrogens with zero attached hydrogens (tertiary/aromatic N) is 1. The number of esters is 1. The number of ether oxygens (including phenoxy) is 2. The molecule has 1 saturated carbocycles. The van der Waals surface area contributed by atoms with Crippen LogP contribution >= 0.6 is 0 Å². The first-order chi connectivity index (χ1) is 11.3. The Hall–Kier alpha value is -1.30. The summed E-state index contributed by atoms with van der Waals surface area (Å²) in [5, 5.41) is 6.50. The lowest BCUT2D eigenvalue weighted by Gasteiger charge is -2.16. The fraction of sp³-hybridized carbons (Fsp3) is 0.882. The van der Waals surface area contributed by atoms with Gasteiger partial charge < -0.3 is 20.1 Å². The Kier molecular flexibility index (Phi) is 11.3. The van der Waals surface area contributed by atoms with E-state index in [2.05, 4.69) is 20.4 Å². The zero-order valence-electron chi connectivity index (χ0n) is 14.7. The summed E-state index contributed by atoms with van der Waals surface area (Å²) < 4.78 is 10.6. The number of guanidine groups is 1. The monoisotopic (exact) mass is 327 g/mol. The molecule has 0 atom stereocenters. The molecule has 1 aliphatic rings. The van der Waals surface area contributed by atoms with E-state index in [9.17, 15) is 4.79 Å². The second-order valence-corrected chi connectivity index (χ2v) is 5.94. The van der Waals surface area contributed by atoms with E-state index in [4.69, 9.17) is 4.74 Å². The average Bonchev–Trinajstić information content (AvgIpc) is 2.84. The molecule has 0 aromatic heterocycles. The maximum Gasteiger partial charge on any atom is 0.305 e. The third-order valence-electron chi connectivity index (χ3n) is 4.10. The van der Waals surface area contributed by atoms with E-state index in [1.807, 2.05) is 0 Å². The highest BCUT2D eigenvalue weighted by Gasteiger charge is 2.12. The van der Waals surface area contributed by atoms with Gasteiger partial charge >= 0.3 is 5.97 Å². The highest BCUT2D eigenvalue weighted by molar-refractivity contribution is 5.79. The SMILES string of the molecule is CN=C(NCCCCC(=O)OC)NCCOC1CCCCCC1. The molecule has 0 radical (unpaired) electrons. The van der Waals surface area contributed by atoms with Crippen LogP contribution in [-0.4, -0.2) is 51.9 Å². The van der Waals surface area contributed by atoms with Gasteiger partial charge in [-0.3, -0.25) is 9.79 Å². The molecule has 0 amide bonds. The Morgan fingerprint density at radius 2 is 1.78 bits per heavy atom. The second kappa shape index (κ2) is 13.2. The van der Waals surface area contributed by atoms with Crippen LogP contribution in [0.15, 0.2) is 4.99 Å². The van der Waals surface area contributed by atoms with E-state index in [0.717, 1.165) is 31.9 Å². The Morgan fingerprint density at radius 3 is 2.43 bits per heavy atom. The van der Waals surface area contributed by atoms with Crippen LogP contribution in [0.3, 0.4) is 0 Å². The summed E-state index contributed by atoms with van der Waals surface area (Å²) >= 11 is 0. The molecule has 1 aliphatic carbocycles. The first-order valence-electron chi connectivity index (χ1n) is 8.89. The number of carbonyl (C=O) groups excluding carboxylic acids is 1. The molecule has 0 bridgehead atoms. The van der Waals surface area contributed by atoms with E-state index in [0.29, 0.717) is 19.1 Å². The van der Waals surface area contributed by atoms with Crippen molar-refractivity contribution in [2.24, 2.45) is 4.99 Å². The van der Waals surface area contributed by atoms with Gasteiger partial charge in [0.05, 0.1) is 19.8 Å². The molecular weight excluding hydrogens is 294 g/mol. The highest BCUT2D eigenvalue weighted by Crippen LogP contribution is 2.19. The van der Waals surface area contributed by atoms with Crippen molar-refractivity contribution in [2.45, 2.75) is 63.9 Å². The van der Waals surface area contributed by atoms with Gasteiger partial charge in [0.1, 0.15) is 0 Å². The summed E-state index contributed by atoms with van der Waals surface area (Å²) in [7, 11) is 3.18. The molecule has 0 aromatic rings. The third-order valence-corrected chi connectivity index (χ3v) is 4.10. The molecule has 0 saturated heterocycles. The van der Waals surface area contributed by atoms with Crippen molar-refractivity contribution in [1.82, 2.24) is 10.6 Å². The molecule has 0 heterocycles. The van der Waals surface area contributed by atoms with Gasteiger partial charge in [0, 0.05) is 26.6 Å². The first-order valence-corrected chi connectivity index (χ1v) is 8.89. The van der Waals surface area contributed by atoms with Crippen molar-refractivity contribution in [3.05, 3.63) is 0 Å². The number of carbonyl (C=O) groups is 1. The normalized spacial score (nSPS) is 16.7. The standard InChI is InChI=1S/C17H33N3O3/c1-18-17(19-12-8-7-11-16(21)22-2)20-13-14-23-15-9-5-3-4-6-10-15/h15H,3-14H2,1-2H3,(H2,18,19,20). The average molecular weight is 327 g/mol. The summed E-state index contributed by atoms with van der Waals surface area (Å²) in [5.74, 6) is 0.635. The van der Waals surface area contributed by atoms with Crippen molar-refractivity contribution in [2.75, 3.05) is 33.9 Å². The number of unbranched alkanes of at least 4 members (excludes halogenated alkanes) is 1. The van der Waals surface area contributed by atoms with Crippen LogP contribution in [0.2, 0.25) is 0 Å². The molecule has 0 aromatic carbocycles. The minimum absolute atomic E-state index is 0.150. The molecular formula is C17H33N3O3. The smallest absolute Gasteiger partial charge is 0.305 e. The molecule has 1 fully saturated rings. The maximum atomic E-state index is 11.0. The van der Waals surface area contributed by atoms with Crippen molar-refractivity contribution in [3.8, 4) is 0 Å². The van der Waals surface area contributed by atoms with Crippen molar-refractivity contribution in [3.63, 3.8) is 0 Å². The third kappa shape index (κ3) is 10.2. The molecule has 134 valence electrons. The van der Waals surface area contributed by atoms with Gasteiger partial charge in [0.25, 0.3) is 0 Å². The molecule has 1 rings (SSSR count). The number of hydrogen-bond acceptors (Lipinski definition) is 4. The van der Waals surface area contributed by atoms with Crippen molar-refractivity contribution < 1.29 is 14.3 Å². The molecule has 0 aliphatic heterocycles. The highest BCUT2D eigenvalue weighted by atomic mass is 16.5. The minimum Gasteiger partial charge on any atom is -0.469 e. The lowest BCUT2D eigenvalue weighted by molar-refractivity contribution is -0.140. The van der Waals surface area contributed by atoms with Gasteiger partial charge in [-0.1, -0.05) is 25.7 Å². The van der Waals surface area contributed by atoms with Crippen molar-refractivity contribution in [1.29, 1.82) is 0 Å². The summed E-state index contributed by atoms with van der Waals surface area (Å²) in [4.78, 5) is 15.2. The van der Waals surface area contributed by atoms with Crippen LogP contribution in [0.25, 0.3) is 0 Å². The fourth-order valence-electron chi connectivity index (χ4n) is 2.73. The Morgan fingerprint density at radius 1 is 1.09 bits per heavy atom. The largest absolute Gasteiger partial charge is 0.469 e. The van der Waals surface area contributed by atoms with Crippen LogP contribution in [0.5, 0.6) is 0 Å². The summed E-state index contributed by atoms with van der Waals surface area (Å²) in [6.07, 6.45) is 10.3. The van der Waals surface area contributed by atoms with E-state index < -0.39 is 0 Å². The summed E-state index contributed by atoms with van der Waals surface area (Å²) in [6, 6.07) is 0. The summed E-state index contributed by atoms with van der Waals surface area (Å²) in [5.41, 5.74) is 0. The molecule has 6 heteroatoms. The summed E-state index contributed by atoms with van der Waals surface area (Å²) in [6.45, 7) is 2.27. The molecule has 0 spiro atoms. The Labute approximate surface area is 140 Å². The van der Waals surface area contributed by atoms with Crippen LogP contribution in [-0.2, 0) is 14.3 Å². The Balaban J connectivity index is 2.01. The number of methoxy groups -OCH3 is 1. The first kappa shape index (κ1) is 19.7. The lowest BCUT2D eigenvalue weighted by Crippen LogP contribution is -2.39. The fourth-order valence-corrected chi connectivity index (χ4v) is 2.73. The second-order valence-electron chi connectivity index (χ2n) is 5.94. The zero-order chi connectivity index (χ0) is 16.8. The predicted octanol–water partition coefficient (Wildman–Crippen LogP) is 2.23. The quantitative estimate of drug-likeness (QED) is 0.223. The van der Waals surface area contributed by atoms with Gasteiger partial charge in [-0.2, -0.15) is 0 Å². The maximum absolute atomic E-state index is 11.0. The van der Waals surface area contributed by atoms with Gasteiger partial charge in [-0.05, 0) is 25.7 Å². The minimum atomic E-state index is -0.150. The van der Waals surface area contributed by atoms with E-state index in [-0.39, 0.29) is 5.97 Å². The van der Waals surface area contributed by atoms with Crippen LogP contribution in [0, 0.1) is 0 Å². The molecule has 2 N–H and O–H groups in total. The van der Waals surface area contributed by atoms with Gasteiger partial charge in [0.2, 0.25) is 0 Å². The van der Waals surface area contributed by atoms with Crippen LogP contribution in [0.4, 0.5) is 0 Å². The Bertz CT molecular complexity index is 340. The number of hydrogen-bond donors (Lipinski definition) is 2. The number of rotatable bonds is 9. The molecule has 23 heavy (non-hydrogen) atoms. The van der Waals surface area contributed by atoms with Crippen LogP contribution in [0.1, 0.15) is 57.8 Å². The zero-order valence-corrected chi connectivity index (χ0v) is 14.7. The lowest BCUT2D eigenvalue weighted by atomic mass is 10.1. The van der Waals surface area contributed by atoms with Gasteiger partial charge in [0.15, 0.2) is 5.96 Å². The van der Waals surface area contributed by atoms with E-state index >= 15 is 0 Å². The molecule has 0 unspecified atom stereocenters. The number of aliphatic imine (C=N–C) groups is 1. The molecule has 6 nitrogen and oxygen atoms in total. The van der Waals surface area contributed by atoms with E-state index in [1.165, 1.54) is 45.6 Å². The van der Waals surface area contributed by atoms with Crippen molar-refractivity contribution >= 4 is 11.9 Å². The van der Waals surface area contributed by atoms with Crippen LogP contribution < -0.4 is 10.6 Å². The predicted molar refractivity (Wildman–Crippen MR) is 92.7 cm³/mol. The number of nitrogens with one attached hydrogen (secondary N) is 2.